The Kier molecular flexibility index (Phi) is 6.19. The Balaban J connectivity index is 2.04. The first-order chi connectivity index (χ1) is 10.8. The lowest BCUT2D eigenvalue weighted by atomic mass is 9.92. The SMILES string of the molecule is COC1CCC(N[C@@H](C)c2cccc(S(=O)(=O)N(C)C)c2)CC1. The van der Waals surface area contributed by atoms with Gasteiger partial charge in [0.1, 0.15) is 0 Å². The molecule has 0 spiro atoms. The zero-order valence-electron chi connectivity index (χ0n) is 14.5. The van der Waals surface area contributed by atoms with E-state index in [9.17, 15) is 8.42 Å². The Hall–Kier alpha value is -0.950. The van der Waals surface area contributed by atoms with Crippen molar-refractivity contribution >= 4 is 10.0 Å². The van der Waals surface area contributed by atoms with Crippen LogP contribution in [-0.2, 0) is 14.8 Å². The number of rotatable bonds is 6. The summed E-state index contributed by atoms with van der Waals surface area (Å²) in [7, 11) is 1.49. The summed E-state index contributed by atoms with van der Waals surface area (Å²) in [5.74, 6) is 0. The third kappa shape index (κ3) is 4.53. The highest BCUT2D eigenvalue weighted by molar-refractivity contribution is 7.89. The molecule has 0 amide bonds. The van der Waals surface area contributed by atoms with Crippen LogP contribution in [0.1, 0.15) is 44.2 Å². The number of benzene rings is 1. The lowest BCUT2D eigenvalue weighted by Gasteiger charge is -2.30. The fourth-order valence-corrected chi connectivity index (χ4v) is 4.03. The summed E-state index contributed by atoms with van der Waals surface area (Å²) < 4.78 is 31.2. The molecule has 1 N–H and O–H groups in total. The maximum atomic E-state index is 12.3. The van der Waals surface area contributed by atoms with Crippen LogP contribution in [0.15, 0.2) is 29.2 Å². The quantitative estimate of drug-likeness (QED) is 0.864. The van der Waals surface area contributed by atoms with Gasteiger partial charge in [0, 0.05) is 33.3 Å². The van der Waals surface area contributed by atoms with Crippen molar-refractivity contribution in [1.29, 1.82) is 0 Å². The van der Waals surface area contributed by atoms with Gasteiger partial charge in [-0.25, -0.2) is 12.7 Å². The largest absolute Gasteiger partial charge is 0.381 e. The monoisotopic (exact) mass is 340 g/mol. The van der Waals surface area contributed by atoms with E-state index in [4.69, 9.17) is 4.74 Å². The van der Waals surface area contributed by atoms with E-state index in [2.05, 4.69) is 12.2 Å². The van der Waals surface area contributed by atoms with Crippen molar-refractivity contribution in [3.8, 4) is 0 Å². The second kappa shape index (κ2) is 7.75. The number of ether oxygens (including phenoxy) is 1. The van der Waals surface area contributed by atoms with E-state index < -0.39 is 10.0 Å². The van der Waals surface area contributed by atoms with Gasteiger partial charge in [0.05, 0.1) is 11.0 Å². The van der Waals surface area contributed by atoms with Crippen LogP contribution in [0.3, 0.4) is 0 Å². The highest BCUT2D eigenvalue weighted by Crippen LogP contribution is 2.24. The fraction of sp³-hybridized carbons (Fsp3) is 0.647. The molecule has 0 bridgehead atoms. The second-order valence-electron chi connectivity index (χ2n) is 6.46. The van der Waals surface area contributed by atoms with Crippen LogP contribution in [0, 0.1) is 0 Å². The van der Waals surface area contributed by atoms with Crippen LogP contribution >= 0.6 is 0 Å². The molecule has 6 heteroatoms. The summed E-state index contributed by atoms with van der Waals surface area (Å²) in [5, 5.41) is 3.62. The normalized spacial score (nSPS) is 23.9. The number of hydrogen-bond acceptors (Lipinski definition) is 4. The topological polar surface area (TPSA) is 58.6 Å². The van der Waals surface area contributed by atoms with Gasteiger partial charge in [-0.05, 0) is 50.3 Å². The summed E-state index contributed by atoms with van der Waals surface area (Å²) in [6, 6.07) is 7.80. The second-order valence-corrected chi connectivity index (χ2v) is 8.61. The van der Waals surface area contributed by atoms with Gasteiger partial charge in [-0.1, -0.05) is 12.1 Å². The molecule has 0 aromatic heterocycles. The van der Waals surface area contributed by atoms with Crippen LogP contribution in [0.4, 0.5) is 0 Å². The lowest BCUT2D eigenvalue weighted by molar-refractivity contribution is 0.0614. The molecule has 1 aliphatic rings. The van der Waals surface area contributed by atoms with Gasteiger partial charge in [-0.2, -0.15) is 0 Å². The van der Waals surface area contributed by atoms with Gasteiger partial charge in [0.2, 0.25) is 10.0 Å². The van der Waals surface area contributed by atoms with Crippen molar-refractivity contribution < 1.29 is 13.2 Å². The summed E-state index contributed by atoms with van der Waals surface area (Å²) in [4.78, 5) is 0.344. The standard InChI is InChI=1S/C17H28N2O3S/c1-13(18-15-8-10-16(22-4)11-9-15)14-6-5-7-17(12-14)23(20,21)19(2)3/h5-7,12-13,15-16,18H,8-11H2,1-4H3/t13-,15?,16?/m0/s1. The van der Waals surface area contributed by atoms with Gasteiger partial charge in [0.15, 0.2) is 0 Å². The molecule has 0 aliphatic heterocycles. The van der Waals surface area contributed by atoms with Crippen molar-refractivity contribution in [1.82, 2.24) is 9.62 Å². The van der Waals surface area contributed by atoms with Gasteiger partial charge in [-0.15, -0.1) is 0 Å². The van der Waals surface area contributed by atoms with Crippen LogP contribution in [0.2, 0.25) is 0 Å². The van der Waals surface area contributed by atoms with E-state index in [1.165, 1.54) is 4.31 Å². The molecular weight excluding hydrogens is 312 g/mol. The van der Waals surface area contributed by atoms with Gasteiger partial charge in [0.25, 0.3) is 0 Å². The van der Waals surface area contributed by atoms with E-state index in [0.29, 0.717) is 17.0 Å². The molecule has 23 heavy (non-hydrogen) atoms. The average Bonchev–Trinajstić information content (AvgIpc) is 2.55. The Morgan fingerprint density at radius 1 is 1.22 bits per heavy atom. The molecule has 0 radical (unpaired) electrons. The fourth-order valence-electron chi connectivity index (χ4n) is 3.07. The third-order valence-corrected chi connectivity index (χ3v) is 6.44. The van der Waals surface area contributed by atoms with Gasteiger partial charge >= 0.3 is 0 Å². The zero-order chi connectivity index (χ0) is 17.0. The molecule has 0 heterocycles. The minimum absolute atomic E-state index is 0.122. The first-order valence-electron chi connectivity index (χ1n) is 8.16. The molecule has 0 saturated heterocycles. The minimum atomic E-state index is -3.39. The molecule has 1 saturated carbocycles. The van der Waals surface area contributed by atoms with Crippen molar-refractivity contribution in [2.75, 3.05) is 21.2 Å². The molecule has 1 fully saturated rings. The van der Waals surface area contributed by atoms with Crippen molar-refractivity contribution in [3.05, 3.63) is 29.8 Å². The molecule has 1 aromatic rings. The first kappa shape index (κ1) is 18.4. The van der Waals surface area contributed by atoms with Gasteiger partial charge < -0.3 is 10.1 Å². The molecule has 1 aromatic carbocycles. The number of hydrogen-bond donors (Lipinski definition) is 1. The van der Waals surface area contributed by atoms with E-state index in [0.717, 1.165) is 31.2 Å². The lowest BCUT2D eigenvalue weighted by Crippen LogP contribution is -2.36. The molecule has 1 aliphatic carbocycles. The average molecular weight is 340 g/mol. The summed E-state index contributed by atoms with van der Waals surface area (Å²) in [6.07, 6.45) is 4.74. The zero-order valence-corrected chi connectivity index (χ0v) is 15.3. The van der Waals surface area contributed by atoms with E-state index in [1.807, 2.05) is 12.1 Å². The van der Waals surface area contributed by atoms with Crippen molar-refractivity contribution in [2.24, 2.45) is 0 Å². The number of nitrogens with one attached hydrogen (secondary N) is 1. The van der Waals surface area contributed by atoms with Crippen LogP contribution in [0.5, 0.6) is 0 Å². The molecule has 130 valence electrons. The summed E-state index contributed by atoms with van der Waals surface area (Å²) in [6.45, 7) is 2.09. The van der Waals surface area contributed by atoms with Crippen LogP contribution in [0.25, 0.3) is 0 Å². The maximum absolute atomic E-state index is 12.3. The Labute approximate surface area is 140 Å². The highest BCUT2D eigenvalue weighted by Gasteiger charge is 2.23. The summed E-state index contributed by atoms with van der Waals surface area (Å²) >= 11 is 0. The van der Waals surface area contributed by atoms with E-state index in [1.54, 1.807) is 33.3 Å². The highest BCUT2D eigenvalue weighted by atomic mass is 32.2. The molecule has 5 nitrogen and oxygen atoms in total. The Morgan fingerprint density at radius 2 is 1.87 bits per heavy atom. The maximum Gasteiger partial charge on any atom is 0.242 e. The molecule has 0 unspecified atom stereocenters. The Bertz CT molecular complexity index is 608. The van der Waals surface area contributed by atoms with Crippen LogP contribution < -0.4 is 5.32 Å². The number of nitrogens with zero attached hydrogens (tertiary/aromatic N) is 1. The predicted octanol–water partition coefficient (Wildman–Crippen LogP) is 2.55. The first-order valence-corrected chi connectivity index (χ1v) is 9.60. The molecule has 1 atom stereocenters. The third-order valence-electron chi connectivity index (χ3n) is 4.63. The molecule has 2 rings (SSSR count). The molecular formula is C17H28N2O3S. The Morgan fingerprint density at radius 3 is 2.43 bits per heavy atom. The number of methoxy groups -OCH3 is 1. The van der Waals surface area contributed by atoms with Gasteiger partial charge in [-0.3, -0.25) is 0 Å². The predicted molar refractivity (Wildman–Crippen MR) is 91.9 cm³/mol. The van der Waals surface area contributed by atoms with Crippen molar-refractivity contribution in [3.63, 3.8) is 0 Å². The minimum Gasteiger partial charge on any atom is -0.381 e. The van der Waals surface area contributed by atoms with E-state index >= 15 is 0 Å². The summed E-state index contributed by atoms with van der Waals surface area (Å²) in [5.41, 5.74) is 1.00. The smallest absolute Gasteiger partial charge is 0.242 e. The van der Waals surface area contributed by atoms with Crippen LogP contribution in [-0.4, -0.2) is 46.1 Å². The van der Waals surface area contributed by atoms with Crippen molar-refractivity contribution in [2.45, 2.75) is 55.7 Å². The van der Waals surface area contributed by atoms with E-state index in [-0.39, 0.29) is 6.04 Å². The number of sulfonamides is 1.